The summed E-state index contributed by atoms with van der Waals surface area (Å²) in [5.74, 6) is 0.379. The van der Waals surface area contributed by atoms with Crippen LogP contribution < -0.4 is 5.73 Å². The fraction of sp³-hybridized carbons (Fsp3) is 0.125. The Bertz CT molecular complexity index is 765. The number of benzene rings is 2. The van der Waals surface area contributed by atoms with Crippen LogP contribution in [0.1, 0.15) is 17.0 Å². The number of nitrogen functional groups attached to an aromatic ring is 1. The van der Waals surface area contributed by atoms with E-state index in [1.54, 1.807) is 0 Å². The van der Waals surface area contributed by atoms with E-state index < -0.39 is 5.82 Å². The van der Waals surface area contributed by atoms with E-state index in [4.69, 9.17) is 10.3 Å². The van der Waals surface area contributed by atoms with Gasteiger partial charge in [-0.15, -0.1) is 0 Å². The van der Waals surface area contributed by atoms with Gasteiger partial charge >= 0.3 is 0 Å². The van der Waals surface area contributed by atoms with E-state index in [0.717, 1.165) is 5.56 Å². The normalized spacial score (nSPS) is 10.8. The molecule has 0 aliphatic rings. The zero-order valence-electron chi connectivity index (χ0n) is 11.5. The van der Waals surface area contributed by atoms with E-state index in [1.165, 1.54) is 23.8 Å². The number of nitrogens with two attached hydrogens (primary N) is 1. The van der Waals surface area contributed by atoms with Crippen LogP contribution in [-0.4, -0.2) is 10.1 Å². The van der Waals surface area contributed by atoms with Gasteiger partial charge in [-0.2, -0.15) is 4.98 Å². The van der Waals surface area contributed by atoms with E-state index >= 15 is 0 Å². The molecule has 2 aromatic carbocycles. The average Bonchev–Trinajstić information content (AvgIpc) is 2.92. The lowest BCUT2D eigenvalue weighted by atomic mass is 10.1. The molecule has 0 aliphatic heterocycles. The third-order valence-corrected chi connectivity index (χ3v) is 3.20. The molecule has 0 fully saturated rings. The summed E-state index contributed by atoms with van der Waals surface area (Å²) in [6.07, 6.45) is 0.555. The predicted molar refractivity (Wildman–Crippen MR) is 78.1 cm³/mol. The summed E-state index contributed by atoms with van der Waals surface area (Å²) in [4.78, 5) is 4.28. The highest BCUT2D eigenvalue weighted by Gasteiger charge is 2.13. The molecule has 0 saturated carbocycles. The molecular formula is C16H14FN3O. The van der Waals surface area contributed by atoms with Crippen molar-refractivity contribution in [3.05, 3.63) is 65.2 Å². The fourth-order valence-corrected chi connectivity index (χ4v) is 2.04. The molecular weight excluding hydrogens is 269 g/mol. The summed E-state index contributed by atoms with van der Waals surface area (Å²) in [6, 6.07) is 12.2. The summed E-state index contributed by atoms with van der Waals surface area (Å²) in [5.41, 5.74) is 8.90. The Hall–Kier alpha value is -2.69. The van der Waals surface area contributed by atoms with Crippen LogP contribution in [0.3, 0.4) is 0 Å². The van der Waals surface area contributed by atoms with Crippen LogP contribution >= 0.6 is 0 Å². The molecule has 0 radical (unpaired) electrons. The predicted octanol–water partition coefficient (Wildman–Crippen LogP) is 3.36. The van der Waals surface area contributed by atoms with E-state index in [9.17, 15) is 4.39 Å². The van der Waals surface area contributed by atoms with Crippen LogP contribution in [0.15, 0.2) is 47.0 Å². The van der Waals surface area contributed by atoms with Gasteiger partial charge in [0.2, 0.25) is 0 Å². The van der Waals surface area contributed by atoms with E-state index in [0.29, 0.717) is 23.5 Å². The molecule has 0 aliphatic carbocycles. The highest BCUT2D eigenvalue weighted by Crippen LogP contribution is 2.25. The number of hydrogen-bond acceptors (Lipinski definition) is 4. The molecule has 0 atom stereocenters. The lowest BCUT2D eigenvalue weighted by Gasteiger charge is -1.99. The van der Waals surface area contributed by atoms with Crippen LogP contribution in [-0.2, 0) is 6.42 Å². The molecule has 21 heavy (non-hydrogen) atoms. The third kappa shape index (κ3) is 2.91. The molecule has 0 saturated heterocycles. The topological polar surface area (TPSA) is 64.9 Å². The standard InChI is InChI=1S/C16H14FN3O/c1-10-2-4-11(5-3-10)8-15-19-16(21-20-15)13-9-12(17)6-7-14(13)18/h2-7,9H,8,18H2,1H3. The number of aromatic nitrogens is 2. The number of nitrogens with zero attached hydrogens (tertiary/aromatic N) is 2. The number of hydrogen-bond donors (Lipinski definition) is 1. The molecule has 3 aromatic rings. The van der Waals surface area contributed by atoms with Crippen molar-refractivity contribution in [2.45, 2.75) is 13.3 Å². The van der Waals surface area contributed by atoms with Crippen LogP contribution in [0.2, 0.25) is 0 Å². The van der Waals surface area contributed by atoms with Gasteiger partial charge in [0.15, 0.2) is 5.82 Å². The Morgan fingerprint density at radius 3 is 2.67 bits per heavy atom. The van der Waals surface area contributed by atoms with E-state index in [2.05, 4.69) is 10.1 Å². The molecule has 0 amide bonds. The second-order valence-corrected chi connectivity index (χ2v) is 4.91. The summed E-state index contributed by atoms with van der Waals surface area (Å²) in [5, 5.41) is 3.92. The summed E-state index contributed by atoms with van der Waals surface area (Å²) < 4.78 is 18.5. The minimum absolute atomic E-state index is 0.231. The van der Waals surface area contributed by atoms with Gasteiger partial charge in [-0.05, 0) is 30.7 Å². The lowest BCUT2D eigenvalue weighted by Crippen LogP contribution is -1.93. The first-order valence-corrected chi connectivity index (χ1v) is 6.55. The van der Waals surface area contributed by atoms with Gasteiger partial charge in [-0.25, -0.2) is 4.39 Å². The molecule has 1 heterocycles. The minimum atomic E-state index is -0.391. The first-order chi connectivity index (χ1) is 10.1. The number of halogens is 1. The van der Waals surface area contributed by atoms with Gasteiger partial charge < -0.3 is 10.3 Å². The Kier molecular flexibility index (Phi) is 3.39. The van der Waals surface area contributed by atoms with Crippen molar-refractivity contribution in [1.29, 1.82) is 0 Å². The molecule has 106 valence electrons. The number of rotatable bonds is 3. The van der Waals surface area contributed by atoms with E-state index in [-0.39, 0.29) is 5.89 Å². The maximum Gasteiger partial charge on any atom is 0.260 e. The molecule has 0 bridgehead atoms. The molecule has 2 N–H and O–H groups in total. The van der Waals surface area contributed by atoms with E-state index in [1.807, 2.05) is 31.2 Å². The molecule has 5 heteroatoms. The second-order valence-electron chi connectivity index (χ2n) is 4.91. The van der Waals surface area contributed by atoms with Crippen molar-refractivity contribution in [3.8, 4) is 11.5 Å². The van der Waals surface area contributed by atoms with Crippen molar-refractivity contribution in [2.75, 3.05) is 5.73 Å². The van der Waals surface area contributed by atoms with Gasteiger partial charge in [0.05, 0.1) is 5.56 Å². The maximum absolute atomic E-state index is 13.3. The summed E-state index contributed by atoms with van der Waals surface area (Å²) >= 11 is 0. The fourth-order valence-electron chi connectivity index (χ4n) is 2.04. The first kappa shape index (κ1) is 13.3. The summed E-state index contributed by atoms with van der Waals surface area (Å²) in [6.45, 7) is 2.03. The Balaban J connectivity index is 1.86. The first-order valence-electron chi connectivity index (χ1n) is 6.55. The highest BCUT2D eigenvalue weighted by molar-refractivity contribution is 5.70. The van der Waals surface area contributed by atoms with Crippen molar-refractivity contribution >= 4 is 5.69 Å². The zero-order chi connectivity index (χ0) is 14.8. The molecule has 0 spiro atoms. The molecule has 3 rings (SSSR count). The molecule has 4 nitrogen and oxygen atoms in total. The molecule has 0 unspecified atom stereocenters. The third-order valence-electron chi connectivity index (χ3n) is 3.20. The highest BCUT2D eigenvalue weighted by atomic mass is 19.1. The Morgan fingerprint density at radius 1 is 1.14 bits per heavy atom. The van der Waals surface area contributed by atoms with Gasteiger partial charge in [0, 0.05) is 12.1 Å². The zero-order valence-corrected chi connectivity index (χ0v) is 11.5. The van der Waals surface area contributed by atoms with Crippen LogP contribution in [0.25, 0.3) is 11.5 Å². The monoisotopic (exact) mass is 283 g/mol. The van der Waals surface area contributed by atoms with Gasteiger partial charge in [0.1, 0.15) is 5.82 Å². The average molecular weight is 283 g/mol. The summed E-state index contributed by atoms with van der Waals surface area (Å²) in [7, 11) is 0. The smallest absolute Gasteiger partial charge is 0.260 e. The van der Waals surface area contributed by atoms with Crippen molar-refractivity contribution in [2.24, 2.45) is 0 Å². The van der Waals surface area contributed by atoms with Gasteiger partial charge in [-0.3, -0.25) is 0 Å². The minimum Gasteiger partial charge on any atom is -0.398 e. The van der Waals surface area contributed by atoms with Crippen molar-refractivity contribution < 1.29 is 8.91 Å². The van der Waals surface area contributed by atoms with Crippen LogP contribution in [0.5, 0.6) is 0 Å². The second kappa shape index (κ2) is 5.36. The molecule has 1 aromatic heterocycles. The van der Waals surface area contributed by atoms with Gasteiger partial charge in [0.25, 0.3) is 5.89 Å². The van der Waals surface area contributed by atoms with Crippen LogP contribution in [0.4, 0.5) is 10.1 Å². The maximum atomic E-state index is 13.3. The Morgan fingerprint density at radius 2 is 1.90 bits per heavy atom. The largest absolute Gasteiger partial charge is 0.398 e. The SMILES string of the molecule is Cc1ccc(Cc2noc(-c3cc(F)ccc3N)n2)cc1. The van der Waals surface area contributed by atoms with Crippen molar-refractivity contribution in [3.63, 3.8) is 0 Å². The number of anilines is 1. The van der Waals surface area contributed by atoms with Crippen molar-refractivity contribution in [1.82, 2.24) is 10.1 Å². The lowest BCUT2D eigenvalue weighted by molar-refractivity contribution is 0.424. The van der Waals surface area contributed by atoms with Crippen LogP contribution in [0, 0.1) is 12.7 Å². The number of aryl methyl sites for hydroxylation is 1. The Labute approximate surface area is 121 Å². The quantitative estimate of drug-likeness (QED) is 0.748. The van der Waals surface area contributed by atoms with Gasteiger partial charge in [-0.1, -0.05) is 35.0 Å².